The van der Waals surface area contributed by atoms with Crippen molar-refractivity contribution in [1.82, 2.24) is 18.8 Å². The second kappa shape index (κ2) is 6.44. The molecule has 24 heavy (non-hydrogen) atoms. The molecule has 0 saturated heterocycles. The van der Waals surface area contributed by atoms with Gasteiger partial charge in [0.15, 0.2) is 5.52 Å². The van der Waals surface area contributed by atoms with Crippen LogP contribution in [0.25, 0.3) is 11.0 Å². The quantitative estimate of drug-likeness (QED) is 0.745. The number of furan rings is 1. The summed E-state index contributed by atoms with van der Waals surface area (Å²) in [7, 11) is 0. The Labute approximate surface area is 140 Å². The van der Waals surface area contributed by atoms with Crippen molar-refractivity contribution in [2.75, 3.05) is 0 Å². The fourth-order valence-corrected chi connectivity index (χ4v) is 3.08. The van der Waals surface area contributed by atoms with Gasteiger partial charge < -0.3 is 9.73 Å². The van der Waals surface area contributed by atoms with Gasteiger partial charge in [0.25, 0.3) is 5.56 Å². The van der Waals surface area contributed by atoms with Crippen LogP contribution in [0.2, 0.25) is 0 Å². The highest BCUT2D eigenvalue weighted by Gasteiger charge is 2.18. The lowest BCUT2D eigenvalue weighted by Crippen LogP contribution is -2.43. The van der Waals surface area contributed by atoms with E-state index in [4.69, 9.17) is 4.42 Å². The monoisotopic (exact) mass is 348 g/mol. The van der Waals surface area contributed by atoms with Crippen LogP contribution in [0.1, 0.15) is 25.6 Å². The van der Waals surface area contributed by atoms with Crippen LogP contribution < -0.4 is 16.6 Å². The molecule has 3 aromatic heterocycles. The summed E-state index contributed by atoms with van der Waals surface area (Å²) in [6.45, 7) is 3.52. The molecule has 3 heterocycles. The first kappa shape index (κ1) is 16.2. The smallest absolute Gasteiger partial charge is 0.332 e. The molecule has 0 fully saturated rings. The lowest BCUT2D eigenvalue weighted by molar-refractivity contribution is -0.121. The van der Waals surface area contributed by atoms with E-state index in [1.165, 1.54) is 10.8 Å². The van der Waals surface area contributed by atoms with Crippen molar-refractivity contribution in [3.63, 3.8) is 0 Å². The SMILES string of the molecule is CC(C)n1c(=O)c2nscc2n(CC(=O)NCc2ccco2)c1=O. The molecule has 0 aliphatic rings. The molecule has 3 aromatic rings. The summed E-state index contributed by atoms with van der Waals surface area (Å²) in [4.78, 5) is 37.1. The van der Waals surface area contributed by atoms with Crippen LogP contribution in [0.5, 0.6) is 0 Å². The number of rotatable bonds is 5. The molecule has 3 rings (SSSR count). The standard InChI is InChI=1S/C15H16N4O4S/c1-9(2)19-14(21)13-11(8-24-17-13)18(15(19)22)7-12(20)16-6-10-4-3-5-23-10/h3-5,8-9H,6-7H2,1-2H3,(H,16,20). The topological polar surface area (TPSA) is 99.1 Å². The van der Waals surface area contributed by atoms with Gasteiger partial charge in [0.05, 0.1) is 18.3 Å². The molecule has 8 nitrogen and oxygen atoms in total. The van der Waals surface area contributed by atoms with E-state index in [-0.39, 0.29) is 30.6 Å². The predicted molar refractivity (Wildman–Crippen MR) is 89.1 cm³/mol. The van der Waals surface area contributed by atoms with E-state index in [0.717, 1.165) is 16.1 Å². The predicted octanol–water partition coefficient (Wildman–Crippen LogP) is 1.11. The number of fused-ring (bicyclic) bond motifs is 1. The molecule has 1 N–H and O–H groups in total. The van der Waals surface area contributed by atoms with Gasteiger partial charge in [-0.25, -0.2) is 4.79 Å². The Morgan fingerprint density at radius 3 is 2.88 bits per heavy atom. The molecule has 0 saturated carbocycles. The normalized spacial score (nSPS) is 11.3. The summed E-state index contributed by atoms with van der Waals surface area (Å²) in [5.41, 5.74) is -0.374. The lowest BCUT2D eigenvalue weighted by atomic mass is 10.3. The summed E-state index contributed by atoms with van der Waals surface area (Å²) < 4.78 is 11.6. The van der Waals surface area contributed by atoms with Gasteiger partial charge in [0.2, 0.25) is 5.91 Å². The van der Waals surface area contributed by atoms with Crippen molar-refractivity contribution < 1.29 is 9.21 Å². The van der Waals surface area contributed by atoms with Gasteiger partial charge >= 0.3 is 5.69 Å². The average Bonchev–Trinajstić information content (AvgIpc) is 3.20. The zero-order valence-electron chi connectivity index (χ0n) is 13.2. The Balaban J connectivity index is 1.94. The summed E-state index contributed by atoms with van der Waals surface area (Å²) in [5, 5.41) is 4.28. The van der Waals surface area contributed by atoms with Crippen molar-refractivity contribution in [2.45, 2.75) is 33.0 Å². The Bertz CT molecular complexity index is 981. The first-order valence-electron chi connectivity index (χ1n) is 7.37. The molecule has 9 heteroatoms. The fraction of sp³-hybridized carbons (Fsp3) is 0.333. The molecule has 126 valence electrons. The van der Waals surface area contributed by atoms with E-state index >= 15 is 0 Å². The molecule has 1 amide bonds. The zero-order chi connectivity index (χ0) is 17.3. The van der Waals surface area contributed by atoms with Crippen molar-refractivity contribution >= 4 is 28.5 Å². The van der Waals surface area contributed by atoms with Crippen molar-refractivity contribution in [3.05, 3.63) is 50.4 Å². The first-order valence-corrected chi connectivity index (χ1v) is 8.21. The lowest BCUT2D eigenvalue weighted by Gasteiger charge is -2.13. The minimum absolute atomic E-state index is 0.193. The third-order valence-electron chi connectivity index (χ3n) is 3.56. The Morgan fingerprint density at radius 1 is 1.42 bits per heavy atom. The van der Waals surface area contributed by atoms with Gasteiger partial charge in [-0.15, -0.1) is 0 Å². The number of nitrogens with one attached hydrogen (secondary N) is 1. The fourth-order valence-electron chi connectivity index (χ4n) is 2.41. The van der Waals surface area contributed by atoms with Crippen LogP contribution in [-0.4, -0.2) is 19.4 Å². The van der Waals surface area contributed by atoms with E-state index in [2.05, 4.69) is 9.69 Å². The summed E-state index contributed by atoms with van der Waals surface area (Å²) in [6.07, 6.45) is 1.52. The van der Waals surface area contributed by atoms with E-state index < -0.39 is 11.2 Å². The molecule has 0 aromatic carbocycles. The maximum absolute atomic E-state index is 12.6. The van der Waals surface area contributed by atoms with E-state index in [0.29, 0.717) is 11.3 Å². The number of hydrogen-bond acceptors (Lipinski definition) is 6. The Hall–Kier alpha value is -2.68. The zero-order valence-corrected chi connectivity index (χ0v) is 14.0. The number of carbonyl (C=O) groups is 1. The van der Waals surface area contributed by atoms with E-state index in [1.807, 2.05) is 0 Å². The van der Waals surface area contributed by atoms with Crippen LogP contribution in [0.3, 0.4) is 0 Å². The highest BCUT2D eigenvalue weighted by atomic mass is 32.1. The van der Waals surface area contributed by atoms with Gasteiger partial charge in [-0.3, -0.25) is 18.7 Å². The molecule has 0 aliphatic carbocycles. The number of amides is 1. The maximum atomic E-state index is 12.6. The number of aromatic nitrogens is 3. The summed E-state index contributed by atoms with van der Waals surface area (Å²) in [5.74, 6) is 0.264. The Kier molecular flexibility index (Phi) is 4.34. The average molecular weight is 348 g/mol. The molecular formula is C15H16N4O4S. The molecule has 0 radical (unpaired) electrons. The molecule has 0 bridgehead atoms. The third kappa shape index (κ3) is 2.90. The van der Waals surface area contributed by atoms with E-state index in [1.54, 1.807) is 31.4 Å². The second-order valence-electron chi connectivity index (χ2n) is 5.54. The molecule has 0 unspecified atom stereocenters. The minimum atomic E-state index is -0.518. The number of carbonyl (C=O) groups excluding carboxylic acids is 1. The molecular weight excluding hydrogens is 332 g/mol. The highest BCUT2D eigenvalue weighted by molar-refractivity contribution is 7.04. The van der Waals surface area contributed by atoms with Crippen LogP contribution in [-0.2, 0) is 17.9 Å². The number of hydrogen-bond donors (Lipinski definition) is 1. The van der Waals surface area contributed by atoms with Crippen LogP contribution >= 0.6 is 11.5 Å². The van der Waals surface area contributed by atoms with Crippen molar-refractivity contribution in [1.29, 1.82) is 0 Å². The van der Waals surface area contributed by atoms with Crippen LogP contribution in [0, 0.1) is 0 Å². The number of nitrogens with zero attached hydrogens (tertiary/aromatic N) is 3. The second-order valence-corrected chi connectivity index (χ2v) is 6.17. The Morgan fingerprint density at radius 2 is 2.21 bits per heavy atom. The van der Waals surface area contributed by atoms with Gasteiger partial charge in [-0.05, 0) is 37.5 Å². The van der Waals surface area contributed by atoms with Gasteiger partial charge in [0.1, 0.15) is 12.3 Å². The first-order chi connectivity index (χ1) is 11.5. The summed E-state index contributed by atoms with van der Waals surface area (Å²) in [6, 6.07) is 3.14. The molecule has 0 spiro atoms. The largest absolute Gasteiger partial charge is 0.467 e. The highest BCUT2D eigenvalue weighted by Crippen LogP contribution is 2.11. The van der Waals surface area contributed by atoms with Crippen LogP contribution in [0.4, 0.5) is 0 Å². The summed E-state index contributed by atoms with van der Waals surface area (Å²) >= 11 is 1.08. The maximum Gasteiger partial charge on any atom is 0.332 e. The molecule has 0 aliphatic heterocycles. The third-order valence-corrected chi connectivity index (χ3v) is 4.17. The van der Waals surface area contributed by atoms with Crippen molar-refractivity contribution in [2.24, 2.45) is 0 Å². The van der Waals surface area contributed by atoms with Gasteiger partial charge in [-0.1, -0.05) is 0 Å². The van der Waals surface area contributed by atoms with Crippen LogP contribution in [0.15, 0.2) is 37.8 Å². The minimum Gasteiger partial charge on any atom is -0.467 e. The van der Waals surface area contributed by atoms with Gasteiger partial charge in [0, 0.05) is 11.4 Å². The van der Waals surface area contributed by atoms with Crippen molar-refractivity contribution in [3.8, 4) is 0 Å². The van der Waals surface area contributed by atoms with E-state index in [9.17, 15) is 14.4 Å². The molecule has 0 atom stereocenters. The van der Waals surface area contributed by atoms with Gasteiger partial charge in [-0.2, -0.15) is 4.37 Å².